The highest BCUT2D eigenvalue weighted by atomic mass is 16.5. The summed E-state index contributed by atoms with van der Waals surface area (Å²) >= 11 is 0. The predicted octanol–water partition coefficient (Wildman–Crippen LogP) is 5.63. The topological polar surface area (TPSA) is 85.3 Å². The van der Waals surface area contributed by atoms with Gasteiger partial charge in [0, 0.05) is 17.7 Å². The van der Waals surface area contributed by atoms with E-state index >= 15 is 0 Å². The van der Waals surface area contributed by atoms with Gasteiger partial charge in [0.2, 0.25) is 0 Å². The third kappa shape index (κ3) is 6.34. The van der Waals surface area contributed by atoms with Gasteiger partial charge in [-0.25, -0.2) is 0 Å². The van der Waals surface area contributed by atoms with Crippen molar-refractivity contribution >= 4 is 17.4 Å². The highest BCUT2D eigenvalue weighted by Gasteiger charge is 2.46. The summed E-state index contributed by atoms with van der Waals surface area (Å²) in [5.41, 5.74) is 1.85. The van der Waals surface area contributed by atoms with Crippen molar-refractivity contribution in [1.82, 2.24) is 4.90 Å². The van der Waals surface area contributed by atoms with Crippen LogP contribution < -0.4 is 9.47 Å². The first-order chi connectivity index (χ1) is 17.5. The number of rotatable bonds is 10. The molecule has 2 aromatic rings. The Kier molecular flexibility index (Phi) is 9.02. The van der Waals surface area contributed by atoms with E-state index in [1.165, 1.54) is 4.90 Å². The number of ketones is 1. The molecule has 1 atom stereocenters. The van der Waals surface area contributed by atoms with Gasteiger partial charge in [-0.3, -0.25) is 9.59 Å². The Morgan fingerprint density at radius 3 is 2.22 bits per heavy atom. The van der Waals surface area contributed by atoms with Crippen LogP contribution in [0.25, 0.3) is 5.76 Å². The fraction of sp³-hybridized carbons (Fsp3) is 0.467. The molecule has 0 spiro atoms. The van der Waals surface area contributed by atoms with E-state index in [2.05, 4.69) is 20.8 Å². The third-order valence-corrected chi connectivity index (χ3v) is 6.19. The molecule has 0 saturated carbocycles. The molecule has 1 saturated heterocycles. The van der Waals surface area contributed by atoms with E-state index in [-0.39, 0.29) is 36.0 Å². The molecule has 200 valence electrons. The Morgan fingerprint density at radius 2 is 1.65 bits per heavy atom. The van der Waals surface area contributed by atoms with E-state index in [4.69, 9.17) is 14.2 Å². The lowest BCUT2D eigenvalue weighted by atomic mass is 9.84. The van der Waals surface area contributed by atoms with Gasteiger partial charge in [-0.1, -0.05) is 32.9 Å². The molecule has 0 aromatic heterocycles. The van der Waals surface area contributed by atoms with Crippen molar-refractivity contribution in [2.24, 2.45) is 0 Å². The average molecular weight is 510 g/mol. The molecule has 3 rings (SSSR count). The Balaban J connectivity index is 2.14. The van der Waals surface area contributed by atoms with Crippen molar-refractivity contribution in [3.63, 3.8) is 0 Å². The first kappa shape index (κ1) is 28.3. The second-order valence-corrected chi connectivity index (χ2v) is 10.3. The highest BCUT2D eigenvalue weighted by molar-refractivity contribution is 6.46. The number of benzene rings is 2. The number of aliphatic hydroxyl groups excluding tert-OH is 1. The molecule has 1 aliphatic rings. The van der Waals surface area contributed by atoms with Crippen molar-refractivity contribution < 1.29 is 28.9 Å². The molecule has 1 N–H and O–H groups in total. The van der Waals surface area contributed by atoms with Crippen molar-refractivity contribution in [3.8, 4) is 11.5 Å². The normalized spacial score (nSPS) is 17.5. The molecule has 1 aliphatic heterocycles. The number of carbonyl (C=O) groups excluding carboxylic acids is 2. The third-order valence-electron chi connectivity index (χ3n) is 6.19. The second kappa shape index (κ2) is 11.8. The summed E-state index contributed by atoms with van der Waals surface area (Å²) in [4.78, 5) is 28.0. The van der Waals surface area contributed by atoms with Crippen LogP contribution in [0.15, 0.2) is 48.0 Å². The Bertz CT molecular complexity index is 1140. The number of nitrogens with zero attached hydrogens (tertiary/aromatic N) is 1. The van der Waals surface area contributed by atoms with Gasteiger partial charge in [0.25, 0.3) is 11.7 Å². The molecule has 1 heterocycles. The van der Waals surface area contributed by atoms with E-state index in [1.807, 2.05) is 45.9 Å². The lowest BCUT2D eigenvalue weighted by Crippen LogP contribution is -2.33. The minimum absolute atomic E-state index is 0.0135. The van der Waals surface area contributed by atoms with Crippen molar-refractivity contribution in [3.05, 3.63) is 64.7 Å². The van der Waals surface area contributed by atoms with E-state index in [0.717, 1.165) is 11.3 Å². The summed E-state index contributed by atoms with van der Waals surface area (Å²) in [7, 11) is 0. The number of hydrogen-bond donors (Lipinski definition) is 1. The smallest absolute Gasteiger partial charge is 0.295 e. The zero-order valence-corrected chi connectivity index (χ0v) is 23.0. The van der Waals surface area contributed by atoms with Crippen LogP contribution in [0.5, 0.6) is 11.5 Å². The van der Waals surface area contributed by atoms with Gasteiger partial charge >= 0.3 is 0 Å². The molecule has 1 amide bonds. The van der Waals surface area contributed by atoms with Crippen LogP contribution in [0, 0.1) is 0 Å². The molecular formula is C30H39NO6. The number of aliphatic hydroxyl groups is 1. The maximum absolute atomic E-state index is 13.3. The molecule has 0 radical (unpaired) electrons. The summed E-state index contributed by atoms with van der Waals surface area (Å²) in [6, 6.07) is 11.9. The zero-order chi connectivity index (χ0) is 27.3. The van der Waals surface area contributed by atoms with Crippen LogP contribution >= 0.6 is 0 Å². The second-order valence-electron chi connectivity index (χ2n) is 10.3. The molecule has 2 aromatic carbocycles. The zero-order valence-electron chi connectivity index (χ0n) is 23.0. The van der Waals surface area contributed by atoms with E-state index < -0.39 is 17.7 Å². The van der Waals surface area contributed by atoms with Crippen molar-refractivity contribution in [2.45, 2.75) is 66.0 Å². The highest BCUT2D eigenvalue weighted by Crippen LogP contribution is 2.41. The van der Waals surface area contributed by atoms with E-state index in [9.17, 15) is 14.7 Å². The quantitative estimate of drug-likeness (QED) is 0.254. The molecule has 1 fully saturated rings. The minimum atomic E-state index is -0.754. The largest absolute Gasteiger partial charge is 0.507 e. The van der Waals surface area contributed by atoms with Gasteiger partial charge in [-0.2, -0.15) is 0 Å². The van der Waals surface area contributed by atoms with Crippen LogP contribution in [0.3, 0.4) is 0 Å². The maximum atomic E-state index is 13.3. The number of ether oxygens (including phenoxy) is 3. The fourth-order valence-electron chi connectivity index (χ4n) is 4.46. The van der Waals surface area contributed by atoms with Crippen molar-refractivity contribution in [2.75, 3.05) is 26.4 Å². The van der Waals surface area contributed by atoms with Gasteiger partial charge in [0.1, 0.15) is 17.3 Å². The summed E-state index contributed by atoms with van der Waals surface area (Å²) in [6.45, 7) is 15.3. The fourth-order valence-corrected chi connectivity index (χ4v) is 4.46. The molecule has 37 heavy (non-hydrogen) atoms. The minimum Gasteiger partial charge on any atom is -0.507 e. The first-order valence-corrected chi connectivity index (χ1v) is 12.9. The van der Waals surface area contributed by atoms with E-state index in [0.29, 0.717) is 30.1 Å². The number of likely N-dealkylation sites (tertiary alicyclic amines) is 1. The summed E-state index contributed by atoms with van der Waals surface area (Å²) in [5.74, 6) is -0.173. The summed E-state index contributed by atoms with van der Waals surface area (Å²) in [5, 5.41) is 11.5. The van der Waals surface area contributed by atoms with Gasteiger partial charge < -0.3 is 24.2 Å². The van der Waals surface area contributed by atoms with Crippen molar-refractivity contribution in [1.29, 1.82) is 0 Å². The van der Waals surface area contributed by atoms with Crippen LogP contribution in [-0.4, -0.2) is 54.2 Å². The van der Waals surface area contributed by atoms with Gasteiger partial charge in [0.05, 0.1) is 37.5 Å². The Labute approximate surface area is 220 Å². The standard InChI is InChI=1S/C30H39NO6/c1-8-35-22-13-10-20(11-14-22)26-25(28(33)29(34)31(26)16-17-37-19(3)4)27(32)21-12-15-24(36-9-2)23(18-21)30(5,6)7/h10-15,18-19,26,32H,8-9,16-17H2,1-7H3/b27-25-. The Morgan fingerprint density at radius 1 is 1.00 bits per heavy atom. The molecule has 7 heteroatoms. The maximum Gasteiger partial charge on any atom is 0.295 e. The van der Waals surface area contributed by atoms with Crippen LogP contribution in [-0.2, 0) is 19.7 Å². The molecular weight excluding hydrogens is 470 g/mol. The average Bonchev–Trinajstić information content (AvgIpc) is 3.09. The summed E-state index contributed by atoms with van der Waals surface area (Å²) in [6.07, 6.45) is -0.0135. The number of Topliss-reactive ketones (excluding diaryl/α,β-unsaturated/α-hetero) is 1. The van der Waals surface area contributed by atoms with Gasteiger partial charge in [-0.15, -0.1) is 0 Å². The van der Waals surface area contributed by atoms with E-state index in [1.54, 1.807) is 24.3 Å². The molecule has 0 aliphatic carbocycles. The van der Waals surface area contributed by atoms with Crippen LogP contribution in [0.4, 0.5) is 0 Å². The number of carbonyl (C=O) groups is 2. The number of amides is 1. The first-order valence-electron chi connectivity index (χ1n) is 12.9. The lowest BCUT2D eigenvalue weighted by Gasteiger charge is -2.26. The summed E-state index contributed by atoms with van der Waals surface area (Å²) < 4.78 is 17.0. The molecule has 1 unspecified atom stereocenters. The van der Waals surface area contributed by atoms with Crippen LogP contribution in [0.2, 0.25) is 0 Å². The van der Waals surface area contributed by atoms with Gasteiger partial charge in [-0.05, 0) is 69.0 Å². The Hall–Kier alpha value is -3.32. The number of hydrogen-bond acceptors (Lipinski definition) is 6. The SMILES string of the molecule is CCOc1ccc(C2/C(=C(/O)c3ccc(OCC)c(C(C)(C)C)c3)C(=O)C(=O)N2CCOC(C)C)cc1. The van der Waals surface area contributed by atoms with Gasteiger partial charge in [0.15, 0.2) is 0 Å². The monoisotopic (exact) mass is 509 g/mol. The van der Waals surface area contributed by atoms with Crippen LogP contribution in [0.1, 0.15) is 71.2 Å². The lowest BCUT2D eigenvalue weighted by molar-refractivity contribution is -0.140. The predicted molar refractivity (Wildman–Crippen MR) is 144 cm³/mol. The molecule has 7 nitrogen and oxygen atoms in total. The molecule has 0 bridgehead atoms.